The first-order chi connectivity index (χ1) is 14.6. The number of halogens is 8. The van der Waals surface area contributed by atoms with Gasteiger partial charge in [0.15, 0.2) is 5.69 Å². The van der Waals surface area contributed by atoms with E-state index >= 15 is 0 Å². The molecule has 3 aromatic heterocycles. The van der Waals surface area contributed by atoms with Gasteiger partial charge in [0, 0.05) is 23.7 Å². The Morgan fingerprint density at radius 2 is 1.72 bits per heavy atom. The van der Waals surface area contributed by atoms with Crippen molar-refractivity contribution in [1.82, 2.24) is 23.7 Å². The lowest BCUT2D eigenvalue weighted by molar-refractivity contribution is -0.287. The highest BCUT2D eigenvalue weighted by molar-refractivity contribution is 5.77. The van der Waals surface area contributed by atoms with Crippen LogP contribution in [-0.4, -0.2) is 49.0 Å². The fourth-order valence-corrected chi connectivity index (χ4v) is 2.85. The minimum Gasteiger partial charge on any atom is -0.452 e. The van der Waals surface area contributed by atoms with Crippen molar-refractivity contribution in [3.05, 3.63) is 40.3 Å². The molecule has 0 saturated heterocycles. The molecular formula is C16H11F8N5O3. The van der Waals surface area contributed by atoms with Gasteiger partial charge in [-0.15, -0.1) is 0 Å². The van der Waals surface area contributed by atoms with Crippen molar-refractivity contribution >= 4 is 11.9 Å². The van der Waals surface area contributed by atoms with Crippen LogP contribution in [0.3, 0.4) is 0 Å². The van der Waals surface area contributed by atoms with Crippen LogP contribution in [0.4, 0.5) is 39.9 Å². The molecule has 0 saturated carbocycles. The number of aryl methyl sites for hydroxylation is 1. The number of ether oxygens (including phenoxy) is 1. The number of fused-ring (bicyclic) bond motifs is 1. The molecule has 0 N–H and O–H groups in total. The average Bonchev–Trinajstić information content (AvgIpc) is 3.22. The molecule has 0 amide bonds. The number of carbonyl (C=O) groups is 1. The average molecular weight is 473 g/mol. The summed E-state index contributed by atoms with van der Waals surface area (Å²) in [6.45, 7) is -0.748. The smallest absolute Gasteiger partial charge is 0.452 e. The van der Waals surface area contributed by atoms with Gasteiger partial charge < -0.3 is 4.74 Å². The van der Waals surface area contributed by atoms with E-state index in [2.05, 4.69) is 14.8 Å². The standard InChI is InChI=1S/C16H11F8N5O3/c1-7-4-28-11(30)9(8-3-25-27(5-8)6-14(17,18)16(22,23)24)10(15(19,20)21)26-12(28)29(7)13(31)32-2/h3-5H,6H2,1-2H3. The van der Waals surface area contributed by atoms with Gasteiger partial charge in [-0.25, -0.2) is 14.3 Å². The van der Waals surface area contributed by atoms with E-state index in [9.17, 15) is 44.7 Å². The zero-order valence-electron chi connectivity index (χ0n) is 15.9. The predicted octanol–water partition coefficient (Wildman–Crippen LogP) is 3.50. The maximum absolute atomic E-state index is 13.7. The number of methoxy groups -OCH3 is 1. The first-order valence-corrected chi connectivity index (χ1v) is 8.36. The Labute approximate surface area is 171 Å². The first-order valence-electron chi connectivity index (χ1n) is 8.36. The van der Waals surface area contributed by atoms with Gasteiger partial charge in [0.25, 0.3) is 5.56 Å². The van der Waals surface area contributed by atoms with E-state index in [1.807, 2.05) is 0 Å². The van der Waals surface area contributed by atoms with E-state index in [-0.39, 0.29) is 10.4 Å². The lowest BCUT2D eigenvalue weighted by Gasteiger charge is -2.19. The summed E-state index contributed by atoms with van der Waals surface area (Å²) < 4.78 is 110. The van der Waals surface area contributed by atoms with E-state index in [1.165, 1.54) is 6.92 Å². The van der Waals surface area contributed by atoms with Crippen LogP contribution in [0.1, 0.15) is 11.4 Å². The van der Waals surface area contributed by atoms with E-state index < -0.39 is 59.1 Å². The Hall–Kier alpha value is -3.46. The first kappa shape index (κ1) is 23.2. The zero-order chi connectivity index (χ0) is 24.2. The van der Waals surface area contributed by atoms with E-state index in [0.717, 1.165) is 13.3 Å². The Kier molecular flexibility index (Phi) is 5.30. The highest BCUT2D eigenvalue weighted by atomic mass is 19.4. The van der Waals surface area contributed by atoms with Crippen LogP contribution in [0.15, 0.2) is 23.4 Å². The van der Waals surface area contributed by atoms with Crippen molar-refractivity contribution in [2.75, 3.05) is 7.11 Å². The summed E-state index contributed by atoms with van der Waals surface area (Å²) >= 11 is 0. The molecule has 16 heteroatoms. The quantitative estimate of drug-likeness (QED) is 0.544. The van der Waals surface area contributed by atoms with E-state index in [1.54, 1.807) is 0 Å². The summed E-state index contributed by atoms with van der Waals surface area (Å²) in [6.07, 6.45) is -10.4. The van der Waals surface area contributed by atoms with Crippen LogP contribution in [-0.2, 0) is 17.5 Å². The predicted molar refractivity (Wildman–Crippen MR) is 89.2 cm³/mol. The minimum absolute atomic E-state index is 0.0211. The third-order valence-electron chi connectivity index (χ3n) is 4.29. The van der Waals surface area contributed by atoms with Gasteiger partial charge in [-0.05, 0) is 6.92 Å². The van der Waals surface area contributed by atoms with Crippen molar-refractivity contribution < 1.29 is 44.7 Å². The second kappa shape index (κ2) is 7.30. The maximum Gasteiger partial charge on any atom is 0.455 e. The van der Waals surface area contributed by atoms with Crippen molar-refractivity contribution in [1.29, 1.82) is 0 Å². The summed E-state index contributed by atoms with van der Waals surface area (Å²) in [5.74, 6) is -5.97. The Bertz CT molecular complexity index is 1250. The second-order valence-corrected chi connectivity index (χ2v) is 6.51. The Balaban J connectivity index is 2.24. The molecule has 32 heavy (non-hydrogen) atoms. The van der Waals surface area contributed by atoms with Crippen LogP contribution in [0, 0.1) is 6.92 Å². The molecule has 0 aromatic carbocycles. The highest BCUT2D eigenvalue weighted by Crippen LogP contribution is 2.37. The van der Waals surface area contributed by atoms with Crippen LogP contribution < -0.4 is 5.56 Å². The Morgan fingerprint density at radius 1 is 1.09 bits per heavy atom. The number of carbonyl (C=O) groups excluding carboxylic acids is 1. The van der Waals surface area contributed by atoms with Crippen molar-refractivity contribution in [2.24, 2.45) is 0 Å². The SMILES string of the molecule is COC(=O)n1c(C)cn2c(=O)c(-c3cnn(CC(F)(F)C(F)(F)F)c3)c(C(F)(F)F)nc12. The fourth-order valence-electron chi connectivity index (χ4n) is 2.85. The molecule has 3 heterocycles. The summed E-state index contributed by atoms with van der Waals surface area (Å²) in [5.41, 5.74) is -5.04. The van der Waals surface area contributed by atoms with Gasteiger partial charge in [-0.2, -0.15) is 40.2 Å². The third kappa shape index (κ3) is 3.80. The molecule has 0 aliphatic rings. The number of alkyl halides is 8. The van der Waals surface area contributed by atoms with E-state index in [4.69, 9.17) is 0 Å². The van der Waals surface area contributed by atoms with Crippen LogP contribution in [0.25, 0.3) is 16.9 Å². The Morgan fingerprint density at radius 3 is 2.25 bits per heavy atom. The van der Waals surface area contributed by atoms with Crippen LogP contribution in [0.5, 0.6) is 0 Å². The molecule has 0 atom stereocenters. The second-order valence-electron chi connectivity index (χ2n) is 6.51. The molecule has 0 aliphatic heterocycles. The van der Waals surface area contributed by atoms with Crippen molar-refractivity contribution in [2.45, 2.75) is 31.7 Å². The fraction of sp³-hybridized carbons (Fsp3) is 0.375. The summed E-state index contributed by atoms with van der Waals surface area (Å²) in [7, 11) is 0.945. The molecular weight excluding hydrogens is 462 g/mol. The molecule has 0 spiro atoms. The maximum atomic E-state index is 13.7. The van der Waals surface area contributed by atoms with Gasteiger partial charge in [-0.3, -0.25) is 13.9 Å². The normalized spacial score (nSPS) is 13.1. The van der Waals surface area contributed by atoms with Crippen LogP contribution >= 0.6 is 0 Å². The molecule has 3 aromatic rings. The largest absolute Gasteiger partial charge is 0.455 e. The molecule has 174 valence electrons. The van der Waals surface area contributed by atoms with Gasteiger partial charge in [-0.1, -0.05) is 0 Å². The summed E-state index contributed by atoms with van der Waals surface area (Å²) in [4.78, 5) is 28.0. The molecule has 8 nitrogen and oxygen atoms in total. The van der Waals surface area contributed by atoms with Gasteiger partial charge >= 0.3 is 24.4 Å². The molecule has 3 rings (SSSR count). The van der Waals surface area contributed by atoms with Gasteiger partial charge in [0.1, 0.15) is 6.54 Å². The summed E-state index contributed by atoms with van der Waals surface area (Å²) in [5, 5.41) is 3.21. The molecule has 0 aliphatic carbocycles. The number of hydrogen-bond acceptors (Lipinski definition) is 5. The molecule has 0 bridgehead atoms. The van der Waals surface area contributed by atoms with Gasteiger partial charge in [0.05, 0.1) is 18.9 Å². The highest BCUT2D eigenvalue weighted by Gasteiger charge is 2.57. The number of imidazole rings is 1. The number of nitrogens with zero attached hydrogens (tertiary/aromatic N) is 5. The molecule has 0 unspecified atom stereocenters. The van der Waals surface area contributed by atoms with Gasteiger partial charge in [0.2, 0.25) is 5.78 Å². The minimum atomic E-state index is -5.93. The number of rotatable bonds is 3. The zero-order valence-corrected chi connectivity index (χ0v) is 15.9. The lowest BCUT2D eigenvalue weighted by Crippen LogP contribution is -2.40. The molecule has 0 radical (unpaired) electrons. The number of hydrogen-bond donors (Lipinski definition) is 0. The topological polar surface area (TPSA) is 83.4 Å². The molecule has 0 fully saturated rings. The lowest BCUT2D eigenvalue weighted by atomic mass is 10.1. The van der Waals surface area contributed by atoms with Crippen molar-refractivity contribution in [3.63, 3.8) is 0 Å². The monoisotopic (exact) mass is 473 g/mol. The third-order valence-corrected chi connectivity index (χ3v) is 4.29. The van der Waals surface area contributed by atoms with Crippen LogP contribution in [0.2, 0.25) is 0 Å². The summed E-state index contributed by atoms with van der Waals surface area (Å²) in [6, 6.07) is 0. The van der Waals surface area contributed by atoms with Crippen molar-refractivity contribution in [3.8, 4) is 11.1 Å². The number of aromatic nitrogens is 5. The van der Waals surface area contributed by atoms with E-state index in [0.29, 0.717) is 21.4 Å².